The highest BCUT2D eigenvalue weighted by Crippen LogP contribution is 2.26. The highest BCUT2D eigenvalue weighted by Gasteiger charge is 2.23. The van der Waals surface area contributed by atoms with E-state index in [4.69, 9.17) is 5.73 Å². The van der Waals surface area contributed by atoms with Gasteiger partial charge in [-0.1, -0.05) is 50.2 Å². The van der Waals surface area contributed by atoms with Crippen molar-refractivity contribution in [1.29, 1.82) is 0 Å². The summed E-state index contributed by atoms with van der Waals surface area (Å²) in [6, 6.07) is 12.9. The van der Waals surface area contributed by atoms with Crippen LogP contribution in [0.2, 0.25) is 0 Å². The molecule has 1 aromatic heterocycles. The lowest BCUT2D eigenvalue weighted by molar-refractivity contribution is -0.123. The van der Waals surface area contributed by atoms with Gasteiger partial charge in [-0.25, -0.2) is 0 Å². The average Bonchev–Trinajstić information content (AvgIpc) is 2.98. The molecule has 1 heterocycles. The first-order valence-corrected chi connectivity index (χ1v) is 7.62. The summed E-state index contributed by atoms with van der Waals surface area (Å²) in [5.74, 6) is 0.184. The minimum atomic E-state index is -0.627. The molecule has 0 spiro atoms. The first kappa shape index (κ1) is 14.8. The maximum atomic E-state index is 12.3. The highest BCUT2D eigenvalue weighted by atomic mass is 32.1. The van der Waals surface area contributed by atoms with Crippen molar-refractivity contribution < 1.29 is 4.79 Å². The van der Waals surface area contributed by atoms with Crippen molar-refractivity contribution in [2.45, 2.75) is 25.9 Å². The average molecular weight is 288 g/mol. The summed E-state index contributed by atoms with van der Waals surface area (Å²) < 4.78 is 0. The summed E-state index contributed by atoms with van der Waals surface area (Å²) in [5, 5.41) is 5.09. The Morgan fingerprint density at radius 1 is 1.15 bits per heavy atom. The van der Waals surface area contributed by atoms with Crippen LogP contribution in [-0.2, 0) is 4.79 Å². The van der Waals surface area contributed by atoms with Gasteiger partial charge in [0.2, 0.25) is 5.91 Å². The van der Waals surface area contributed by atoms with Crippen molar-refractivity contribution in [3.8, 4) is 0 Å². The Hall–Kier alpha value is -1.65. The van der Waals surface area contributed by atoms with Crippen molar-refractivity contribution in [3.05, 3.63) is 58.3 Å². The third-order valence-electron chi connectivity index (χ3n) is 3.26. The van der Waals surface area contributed by atoms with Crippen LogP contribution in [0.25, 0.3) is 0 Å². The lowest BCUT2D eigenvalue weighted by Crippen LogP contribution is -2.38. The molecular weight excluding hydrogens is 268 g/mol. The molecule has 0 aliphatic rings. The van der Waals surface area contributed by atoms with Crippen molar-refractivity contribution in [2.75, 3.05) is 0 Å². The van der Waals surface area contributed by atoms with E-state index in [0.717, 1.165) is 10.4 Å². The molecule has 2 atom stereocenters. The summed E-state index contributed by atoms with van der Waals surface area (Å²) in [7, 11) is 0. The summed E-state index contributed by atoms with van der Waals surface area (Å²) in [5.41, 5.74) is 6.86. The van der Waals surface area contributed by atoms with Crippen LogP contribution in [-0.4, -0.2) is 5.91 Å². The van der Waals surface area contributed by atoms with Gasteiger partial charge in [-0.15, -0.1) is 11.3 Å². The van der Waals surface area contributed by atoms with E-state index < -0.39 is 6.04 Å². The number of nitrogens with two attached hydrogens (primary N) is 1. The zero-order valence-corrected chi connectivity index (χ0v) is 12.6. The molecule has 0 saturated heterocycles. The van der Waals surface area contributed by atoms with Crippen LogP contribution in [0.1, 0.15) is 36.4 Å². The number of benzene rings is 1. The predicted molar refractivity (Wildman–Crippen MR) is 83.4 cm³/mol. The maximum Gasteiger partial charge on any atom is 0.242 e. The van der Waals surface area contributed by atoms with E-state index in [2.05, 4.69) is 19.2 Å². The molecule has 3 N–H and O–H groups in total. The van der Waals surface area contributed by atoms with Crippen molar-refractivity contribution in [1.82, 2.24) is 5.32 Å². The van der Waals surface area contributed by atoms with Gasteiger partial charge in [0, 0.05) is 4.88 Å². The summed E-state index contributed by atoms with van der Waals surface area (Å²) in [6.07, 6.45) is 0. The summed E-state index contributed by atoms with van der Waals surface area (Å²) in [4.78, 5) is 13.5. The first-order chi connectivity index (χ1) is 9.59. The Bertz CT molecular complexity index is 537. The molecule has 106 valence electrons. The second-order valence-electron chi connectivity index (χ2n) is 5.13. The van der Waals surface area contributed by atoms with Crippen molar-refractivity contribution in [3.63, 3.8) is 0 Å². The Morgan fingerprint density at radius 2 is 1.85 bits per heavy atom. The Balaban J connectivity index is 2.09. The van der Waals surface area contributed by atoms with E-state index in [9.17, 15) is 4.79 Å². The van der Waals surface area contributed by atoms with Gasteiger partial charge in [0.1, 0.15) is 6.04 Å². The van der Waals surface area contributed by atoms with E-state index in [-0.39, 0.29) is 11.9 Å². The molecule has 0 fully saturated rings. The minimum absolute atomic E-state index is 0.0114. The van der Waals surface area contributed by atoms with Gasteiger partial charge in [-0.3, -0.25) is 4.79 Å². The van der Waals surface area contributed by atoms with Gasteiger partial charge < -0.3 is 11.1 Å². The number of hydrogen-bond donors (Lipinski definition) is 2. The molecule has 0 aliphatic heterocycles. The van der Waals surface area contributed by atoms with Crippen LogP contribution in [0.5, 0.6) is 0 Å². The molecule has 4 heteroatoms. The number of carbonyl (C=O) groups is 1. The van der Waals surface area contributed by atoms with Gasteiger partial charge >= 0.3 is 0 Å². The fourth-order valence-corrected chi connectivity index (χ4v) is 3.04. The zero-order chi connectivity index (χ0) is 14.5. The monoisotopic (exact) mass is 288 g/mol. The molecule has 2 aromatic rings. The lowest BCUT2D eigenvalue weighted by Gasteiger charge is -2.23. The van der Waals surface area contributed by atoms with Crippen LogP contribution in [0.4, 0.5) is 0 Å². The molecule has 0 radical (unpaired) electrons. The molecule has 1 aromatic carbocycles. The molecule has 1 unspecified atom stereocenters. The lowest BCUT2D eigenvalue weighted by atomic mass is 10.0. The van der Waals surface area contributed by atoms with Crippen molar-refractivity contribution in [2.24, 2.45) is 11.7 Å². The number of hydrogen-bond acceptors (Lipinski definition) is 3. The number of rotatable bonds is 5. The van der Waals surface area contributed by atoms with Crippen LogP contribution in [0.15, 0.2) is 47.8 Å². The largest absolute Gasteiger partial charge is 0.347 e. The van der Waals surface area contributed by atoms with Crippen LogP contribution in [0.3, 0.4) is 0 Å². The molecule has 20 heavy (non-hydrogen) atoms. The number of thiophene rings is 1. The van der Waals surface area contributed by atoms with Gasteiger partial charge in [-0.05, 0) is 22.9 Å². The summed E-state index contributed by atoms with van der Waals surface area (Å²) >= 11 is 1.65. The first-order valence-electron chi connectivity index (χ1n) is 6.74. The van der Waals surface area contributed by atoms with E-state index >= 15 is 0 Å². The second-order valence-corrected chi connectivity index (χ2v) is 6.11. The number of carbonyl (C=O) groups excluding carboxylic acids is 1. The van der Waals surface area contributed by atoms with Crippen LogP contribution >= 0.6 is 11.3 Å². The van der Waals surface area contributed by atoms with E-state index in [1.165, 1.54) is 0 Å². The second kappa shape index (κ2) is 6.68. The van der Waals surface area contributed by atoms with Gasteiger partial charge in [0.15, 0.2) is 0 Å². The Labute approximate surface area is 123 Å². The SMILES string of the molecule is CC(C)C(NC(=O)[C@H](N)c1ccccc1)c1cccs1. The highest BCUT2D eigenvalue weighted by molar-refractivity contribution is 7.10. The Kier molecular flexibility index (Phi) is 4.93. The van der Waals surface area contributed by atoms with Crippen LogP contribution in [0, 0.1) is 5.92 Å². The van der Waals surface area contributed by atoms with Gasteiger partial charge in [0.25, 0.3) is 0 Å². The molecule has 0 aliphatic carbocycles. The van der Waals surface area contributed by atoms with Gasteiger partial charge in [0.05, 0.1) is 6.04 Å². The maximum absolute atomic E-state index is 12.3. The Morgan fingerprint density at radius 3 is 2.40 bits per heavy atom. The molecular formula is C16H20N2OS. The normalized spacial score (nSPS) is 14.0. The van der Waals surface area contributed by atoms with Crippen LogP contribution < -0.4 is 11.1 Å². The molecule has 0 bridgehead atoms. The predicted octanol–water partition coefficient (Wildman–Crippen LogP) is 3.26. The standard InChI is InChI=1S/C16H20N2OS/c1-11(2)15(13-9-6-10-20-13)18-16(19)14(17)12-7-4-3-5-8-12/h3-11,14-15H,17H2,1-2H3,(H,18,19)/t14-,15?/m1/s1. The van der Waals surface area contributed by atoms with Crippen molar-refractivity contribution >= 4 is 17.2 Å². The minimum Gasteiger partial charge on any atom is -0.347 e. The quantitative estimate of drug-likeness (QED) is 0.887. The molecule has 0 saturated carbocycles. The number of amides is 1. The van der Waals surface area contributed by atoms with E-state index in [0.29, 0.717) is 5.92 Å². The molecule has 1 amide bonds. The van der Waals surface area contributed by atoms with E-state index in [1.807, 2.05) is 47.8 Å². The smallest absolute Gasteiger partial charge is 0.242 e. The van der Waals surface area contributed by atoms with E-state index in [1.54, 1.807) is 11.3 Å². The molecule has 3 nitrogen and oxygen atoms in total. The third kappa shape index (κ3) is 3.46. The zero-order valence-electron chi connectivity index (χ0n) is 11.7. The van der Waals surface area contributed by atoms with Gasteiger partial charge in [-0.2, -0.15) is 0 Å². The molecule has 2 rings (SSSR count). The third-order valence-corrected chi connectivity index (χ3v) is 4.21. The fourth-order valence-electron chi connectivity index (χ4n) is 2.09. The summed E-state index contributed by atoms with van der Waals surface area (Å²) in [6.45, 7) is 4.19. The number of nitrogens with one attached hydrogen (secondary N) is 1. The topological polar surface area (TPSA) is 55.1 Å². The fraction of sp³-hybridized carbons (Fsp3) is 0.312.